The van der Waals surface area contributed by atoms with E-state index in [1.54, 1.807) is 31.2 Å². The van der Waals surface area contributed by atoms with Crippen LogP contribution in [0, 0.1) is 47.3 Å². The maximum atomic E-state index is 14.2. The number of rotatable bonds is 22. The summed E-state index contributed by atoms with van der Waals surface area (Å²) in [6.07, 6.45) is -14.4. The Morgan fingerprint density at radius 1 is 0.398 bits per heavy atom. The Morgan fingerprint density at radius 2 is 0.705 bits per heavy atom. The molecule has 0 saturated carbocycles. The monoisotopic (exact) mass is 1250 g/mol. The molecular weight excluding hydrogens is 1160 g/mol. The zero-order chi connectivity index (χ0) is 64.7. The predicted octanol–water partition coefficient (Wildman–Crippen LogP) is 3.38. The Balaban J connectivity index is 1.16. The summed E-state index contributed by atoms with van der Waals surface area (Å²) in [6.45, 7) is 22.4. The Morgan fingerprint density at radius 3 is 1.07 bits per heavy atom. The predicted molar refractivity (Wildman–Crippen MR) is 302 cm³/mol. The number of carbonyl (C=O) groups is 9. The van der Waals surface area contributed by atoms with E-state index in [2.05, 4.69) is 10.6 Å². The van der Waals surface area contributed by atoms with Gasteiger partial charge >= 0.3 is 29.8 Å². The summed E-state index contributed by atoms with van der Waals surface area (Å²) in [5.74, 6) is -8.99. The van der Waals surface area contributed by atoms with Crippen molar-refractivity contribution in [1.29, 1.82) is 0 Å². The molecule has 4 amide bonds. The minimum atomic E-state index is -1.31. The molecule has 0 spiro atoms. The van der Waals surface area contributed by atoms with Crippen molar-refractivity contribution < 1.29 is 114 Å². The van der Waals surface area contributed by atoms with E-state index in [-0.39, 0.29) is 56.0 Å². The Kier molecular flexibility index (Phi) is 24.1. The summed E-state index contributed by atoms with van der Waals surface area (Å²) in [7, 11) is 1.43. The number of benzene rings is 1. The van der Waals surface area contributed by atoms with Gasteiger partial charge in [0.25, 0.3) is 11.8 Å². The molecule has 0 bridgehead atoms. The van der Waals surface area contributed by atoms with Crippen LogP contribution in [0.3, 0.4) is 0 Å². The number of fused-ring (bicyclic) bond motifs is 1. The van der Waals surface area contributed by atoms with Crippen LogP contribution in [0.15, 0.2) is 24.3 Å². The topological polar surface area (TPSA) is 319 Å². The molecule has 25 atom stereocenters. The molecule has 1 aromatic rings. The Hall–Kier alpha value is -5.75. The second-order valence-corrected chi connectivity index (χ2v) is 24.2. The number of carbonyl (C=O) groups excluding carboxylic acids is 9. The van der Waals surface area contributed by atoms with Gasteiger partial charge in [-0.05, 0) is 35.8 Å². The molecule has 5 fully saturated rings. The van der Waals surface area contributed by atoms with Crippen LogP contribution in [-0.4, -0.2) is 203 Å². The van der Waals surface area contributed by atoms with E-state index in [1.165, 1.54) is 55.6 Å². The molecule has 14 unspecified atom stereocenters. The lowest BCUT2D eigenvalue weighted by Crippen LogP contribution is -2.66. The van der Waals surface area contributed by atoms with Crippen molar-refractivity contribution >= 4 is 53.5 Å². The molecule has 7 rings (SSSR count). The van der Waals surface area contributed by atoms with E-state index in [1.807, 2.05) is 48.5 Å². The van der Waals surface area contributed by atoms with E-state index in [9.17, 15) is 43.2 Å². The Labute approximate surface area is 512 Å². The van der Waals surface area contributed by atoms with Gasteiger partial charge in [0.15, 0.2) is 31.5 Å². The summed E-state index contributed by atoms with van der Waals surface area (Å²) in [5, 5.41) is 5.86. The maximum absolute atomic E-state index is 14.2. The van der Waals surface area contributed by atoms with E-state index in [4.69, 9.17) is 71.1 Å². The average Bonchev–Trinajstić information content (AvgIpc) is 1.48. The molecule has 5 saturated heterocycles. The number of nitrogens with one attached hydrogen (secondary N) is 2. The zero-order valence-electron chi connectivity index (χ0n) is 53.0. The van der Waals surface area contributed by atoms with Crippen molar-refractivity contribution in [3.8, 4) is 0 Å². The van der Waals surface area contributed by atoms with E-state index in [0.29, 0.717) is 0 Å². The van der Waals surface area contributed by atoms with Crippen LogP contribution in [0.2, 0.25) is 0 Å². The van der Waals surface area contributed by atoms with Crippen molar-refractivity contribution in [2.75, 3.05) is 40.1 Å². The fourth-order valence-electron chi connectivity index (χ4n) is 12.7. The lowest BCUT2D eigenvalue weighted by molar-refractivity contribution is -0.363. The first-order valence-electron chi connectivity index (χ1n) is 30.1. The standard InChI is InChI=1S/C61H89N3O24/c1-26-27(2)50(64-55(72)41-19-17-18-20-42(41)56(64)73)61(80-43(26)21-75-36(11)67)88-52-29(4)31(6)58(82-45(52)23-77-38(13)69)86-54-33(8)49(63-35(10)66)60(84-47(54)25-79-40(15)71)87-51-28(3)30(5)57(81-44(51)22-76-37(12)68)85-53-32(7)48(62-34(9)65)59(74-16)83-46(53)24-78-39(14)70/h17-20,26-33,43-54,57-61H,21-25H2,1-16H3,(H,62,65)(H,63,66)/t26?,27?,28-,29-,30-,31-,32?,33?,43?,44?,45?,46?,47?,48+,49+,50?,51?,52?,53+,54+,57?,58?,59+,60-,61-/m1/s1. The molecule has 0 radical (unpaired) electrons. The number of hydrogen-bond donors (Lipinski definition) is 2. The van der Waals surface area contributed by atoms with Gasteiger partial charge in [-0.25, -0.2) is 0 Å². The normalized spacial score (nSPS) is 38.2. The molecular formula is C61H89N3O24. The fourth-order valence-corrected chi connectivity index (χ4v) is 12.7. The minimum absolute atomic E-state index is 0.148. The highest BCUT2D eigenvalue weighted by Crippen LogP contribution is 2.45. The molecule has 88 heavy (non-hydrogen) atoms. The highest BCUT2D eigenvalue weighted by Gasteiger charge is 2.57. The molecule has 1 aromatic carbocycles. The highest BCUT2D eigenvalue weighted by molar-refractivity contribution is 6.21. The molecule has 0 aliphatic carbocycles. The van der Waals surface area contributed by atoms with Crippen molar-refractivity contribution in [2.45, 2.75) is 208 Å². The third kappa shape index (κ3) is 16.2. The smallest absolute Gasteiger partial charge is 0.302 e. The molecule has 0 aromatic heterocycles. The van der Waals surface area contributed by atoms with Gasteiger partial charge in [0.2, 0.25) is 11.8 Å². The van der Waals surface area contributed by atoms with Gasteiger partial charge in [0.1, 0.15) is 57.5 Å². The summed E-state index contributed by atoms with van der Waals surface area (Å²) >= 11 is 0. The van der Waals surface area contributed by atoms with Crippen LogP contribution in [0.25, 0.3) is 0 Å². The van der Waals surface area contributed by atoms with E-state index in [0.717, 1.165) is 4.90 Å². The van der Waals surface area contributed by atoms with Crippen LogP contribution in [0.1, 0.15) is 125 Å². The van der Waals surface area contributed by atoms with E-state index >= 15 is 0 Å². The quantitative estimate of drug-likeness (QED) is 0.0955. The van der Waals surface area contributed by atoms with Gasteiger partial charge < -0.3 is 81.7 Å². The van der Waals surface area contributed by atoms with Gasteiger partial charge in [0, 0.05) is 79.2 Å². The lowest BCUT2D eigenvalue weighted by Gasteiger charge is -2.52. The van der Waals surface area contributed by atoms with Crippen molar-refractivity contribution in [1.82, 2.24) is 15.5 Å². The maximum Gasteiger partial charge on any atom is 0.302 e. The van der Waals surface area contributed by atoms with Crippen LogP contribution < -0.4 is 10.6 Å². The molecule has 6 aliphatic rings. The first kappa shape index (κ1) is 69.7. The number of imide groups is 1. The van der Waals surface area contributed by atoms with Gasteiger partial charge in [0.05, 0.1) is 59.8 Å². The van der Waals surface area contributed by atoms with Crippen molar-refractivity contribution in [3.05, 3.63) is 35.4 Å². The number of esters is 5. The van der Waals surface area contributed by atoms with Gasteiger partial charge in [-0.1, -0.05) is 67.5 Å². The first-order valence-corrected chi connectivity index (χ1v) is 30.1. The summed E-state index contributed by atoms with van der Waals surface area (Å²) in [4.78, 5) is 117. The minimum Gasteiger partial charge on any atom is -0.463 e. The number of hydrogen-bond acceptors (Lipinski definition) is 24. The highest BCUT2D eigenvalue weighted by atomic mass is 16.8. The van der Waals surface area contributed by atoms with Crippen LogP contribution in [0.4, 0.5) is 0 Å². The second kappa shape index (κ2) is 30.4. The largest absolute Gasteiger partial charge is 0.463 e. The summed E-state index contributed by atoms with van der Waals surface area (Å²) < 4.78 is 94.1. The first-order chi connectivity index (χ1) is 41.5. The molecule has 6 heterocycles. The van der Waals surface area contributed by atoms with Crippen LogP contribution >= 0.6 is 0 Å². The van der Waals surface area contributed by atoms with Gasteiger partial charge in [-0.2, -0.15) is 0 Å². The average molecular weight is 1250 g/mol. The number of methoxy groups -OCH3 is 1. The number of nitrogens with zero attached hydrogens (tertiary/aromatic N) is 1. The second-order valence-electron chi connectivity index (χ2n) is 24.2. The van der Waals surface area contributed by atoms with Crippen molar-refractivity contribution in [2.24, 2.45) is 47.3 Å². The van der Waals surface area contributed by atoms with Crippen LogP contribution in [0.5, 0.6) is 0 Å². The lowest BCUT2D eigenvalue weighted by atomic mass is 9.80. The van der Waals surface area contributed by atoms with Gasteiger partial charge in [-0.15, -0.1) is 0 Å². The molecule has 492 valence electrons. The van der Waals surface area contributed by atoms with Gasteiger partial charge in [-0.3, -0.25) is 48.1 Å². The zero-order valence-corrected chi connectivity index (χ0v) is 53.0. The summed E-state index contributed by atoms with van der Waals surface area (Å²) in [6, 6.07) is 3.82. The summed E-state index contributed by atoms with van der Waals surface area (Å²) in [5.41, 5.74) is 0.448. The molecule has 2 N–H and O–H groups in total. The third-order valence-electron chi connectivity index (χ3n) is 18.1. The molecule has 6 aliphatic heterocycles. The van der Waals surface area contributed by atoms with E-state index < -0.39 is 194 Å². The van der Waals surface area contributed by atoms with Crippen LogP contribution in [-0.2, 0) is 105 Å². The number of amides is 4. The Bertz CT molecular complexity index is 2620. The number of ether oxygens (including phenoxy) is 15. The third-order valence-corrected chi connectivity index (χ3v) is 18.1. The van der Waals surface area contributed by atoms with Crippen molar-refractivity contribution in [3.63, 3.8) is 0 Å². The fraction of sp³-hybridized carbons (Fsp3) is 0.754. The SMILES string of the molecule is CO[C@H]1OC(COC(C)=O)[C@@H](OC2OC(COC(C)=O)C(O[C@H]3OC(COC(C)=O)[C@@H](OC4OC(COC(C)=O)C(O[C@H]5OC(COC(C)=O)C(C)C(C)C5N5C(=O)c6ccccc6C5=O)[C@H](C)[C@H]4C)C(C)[C@@H]3NC(C)=O)[C@H](C)[C@H]2C)C(C)[C@@H]1NC(C)=O. The molecule has 27 heteroatoms. The molecule has 27 nitrogen and oxygen atoms in total.